The fourth-order valence-corrected chi connectivity index (χ4v) is 1.31. The molecule has 0 atom stereocenters. The van der Waals surface area contributed by atoms with Crippen LogP contribution in [-0.4, -0.2) is 26.1 Å². The molecule has 2 N–H and O–H groups in total. The molecule has 0 aliphatic carbocycles. The number of aromatic nitrogens is 4. The average molecular weight is 282 g/mol. The summed E-state index contributed by atoms with van der Waals surface area (Å²) in [5.74, 6) is 0.540. The zero-order valence-corrected chi connectivity index (χ0v) is 9.95. The van der Waals surface area contributed by atoms with Crippen molar-refractivity contribution in [2.24, 2.45) is 0 Å². The normalized spacial score (nSPS) is 10.1. The van der Waals surface area contributed by atoms with Crippen LogP contribution in [0.4, 0.5) is 5.95 Å². The highest BCUT2D eigenvalue weighted by Gasteiger charge is 2.09. The summed E-state index contributed by atoms with van der Waals surface area (Å²) >= 11 is 3.24. The molecule has 2 aromatic rings. The largest absolute Gasteiger partial charge is 0.288 e. The van der Waals surface area contributed by atoms with Gasteiger partial charge in [-0.3, -0.25) is 15.2 Å². The van der Waals surface area contributed by atoms with Crippen LogP contribution in [-0.2, 0) is 0 Å². The standard InChI is InChI=1S/C9H8BrN5O/c1-5-12-9(15-14-5)13-8(16)7-3-2-6(10)4-11-7/h2-4H,1H3,(H2,12,13,14,15,16). The Morgan fingerprint density at radius 3 is 2.88 bits per heavy atom. The van der Waals surface area contributed by atoms with Crippen LogP contribution in [0.15, 0.2) is 22.8 Å². The van der Waals surface area contributed by atoms with Crippen LogP contribution >= 0.6 is 15.9 Å². The Balaban J connectivity index is 2.11. The zero-order valence-electron chi connectivity index (χ0n) is 8.36. The van der Waals surface area contributed by atoms with E-state index in [4.69, 9.17) is 0 Å². The number of halogens is 1. The molecule has 0 unspecified atom stereocenters. The van der Waals surface area contributed by atoms with E-state index < -0.39 is 0 Å². The molecule has 0 aliphatic heterocycles. The van der Waals surface area contributed by atoms with Crippen LogP contribution in [0.3, 0.4) is 0 Å². The molecule has 7 heteroatoms. The van der Waals surface area contributed by atoms with Gasteiger partial charge in [0, 0.05) is 10.7 Å². The number of carbonyl (C=O) groups excluding carboxylic acids is 1. The summed E-state index contributed by atoms with van der Waals surface area (Å²) in [4.78, 5) is 19.6. The van der Waals surface area contributed by atoms with E-state index in [1.807, 2.05) is 0 Å². The average Bonchev–Trinajstić information content (AvgIpc) is 2.65. The fraction of sp³-hybridized carbons (Fsp3) is 0.111. The van der Waals surface area contributed by atoms with Crippen LogP contribution in [0, 0.1) is 6.92 Å². The lowest BCUT2D eigenvalue weighted by molar-refractivity contribution is 0.102. The number of aryl methyl sites for hydroxylation is 1. The molecule has 16 heavy (non-hydrogen) atoms. The summed E-state index contributed by atoms with van der Waals surface area (Å²) in [5, 5.41) is 8.95. The van der Waals surface area contributed by atoms with Gasteiger partial charge in [-0.1, -0.05) is 0 Å². The van der Waals surface area contributed by atoms with Crippen LogP contribution in [0.5, 0.6) is 0 Å². The highest BCUT2D eigenvalue weighted by molar-refractivity contribution is 9.10. The first kappa shape index (κ1) is 10.7. The summed E-state index contributed by atoms with van der Waals surface area (Å²) in [5.41, 5.74) is 0.311. The lowest BCUT2D eigenvalue weighted by Crippen LogP contribution is -2.14. The van der Waals surface area contributed by atoms with Crippen molar-refractivity contribution >= 4 is 27.8 Å². The van der Waals surface area contributed by atoms with E-state index in [-0.39, 0.29) is 11.9 Å². The minimum atomic E-state index is -0.341. The SMILES string of the molecule is Cc1nc(NC(=O)c2ccc(Br)cn2)n[nH]1. The minimum Gasteiger partial charge on any atom is -0.288 e. The summed E-state index contributed by atoms with van der Waals surface area (Å²) in [6, 6.07) is 3.35. The second-order valence-electron chi connectivity index (χ2n) is 3.06. The molecule has 0 saturated heterocycles. The second kappa shape index (κ2) is 4.40. The van der Waals surface area contributed by atoms with Gasteiger partial charge in [-0.05, 0) is 35.0 Å². The predicted octanol–water partition coefficient (Wildman–Crippen LogP) is 1.52. The van der Waals surface area contributed by atoms with E-state index in [9.17, 15) is 4.79 Å². The van der Waals surface area contributed by atoms with Crippen molar-refractivity contribution in [1.82, 2.24) is 20.2 Å². The van der Waals surface area contributed by atoms with Gasteiger partial charge in [0.2, 0.25) is 5.95 Å². The first-order valence-corrected chi connectivity index (χ1v) is 5.26. The van der Waals surface area contributed by atoms with Crippen LogP contribution < -0.4 is 5.32 Å². The van der Waals surface area contributed by atoms with E-state index in [0.29, 0.717) is 11.5 Å². The molecule has 0 radical (unpaired) electrons. The Kier molecular flexibility index (Phi) is 2.95. The minimum absolute atomic E-state index is 0.243. The zero-order chi connectivity index (χ0) is 11.5. The Labute approximate surface area is 99.6 Å². The molecular weight excluding hydrogens is 274 g/mol. The van der Waals surface area contributed by atoms with Gasteiger partial charge in [-0.2, -0.15) is 4.98 Å². The van der Waals surface area contributed by atoms with Crippen LogP contribution in [0.25, 0.3) is 0 Å². The highest BCUT2D eigenvalue weighted by Crippen LogP contribution is 2.08. The summed E-state index contributed by atoms with van der Waals surface area (Å²) in [6.45, 7) is 1.75. The molecule has 0 aliphatic rings. The van der Waals surface area contributed by atoms with Gasteiger partial charge in [0.15, 0.2) is 0 Å². The van der Waals surface area contributed by atoms with Gasteiger partial charge in [-0.25, -0.2) is 4.98 Å². The number of amides is 1. The number of anilines is 1. The maximum atomic E-state index is 11.7. The van der Waals surface area contributed by atoms with E-state index in [1.165, 1.54) is 0 Å². The Bertz CT molecular complexity index is 507. The number of nitrogens with one attached hydrogen (secondary N) is 2. The molecule has 0 bridgehead atoms. The third kappa shape index (κ3) is 2.43. The van der Waals surface area contributed by atoms with Crippen molar-refractivity contribution in [2.75, 3.05) is 5.32 Å². The van der Waals surface area contributed by atoms with E-state index >= 15 is 0 Å². The number of aromatic amines is 1. The summed E-state index contributed by atoms with van der Waals surface area (Å²) in [7, 11) is 0. The quantitative estimate of drug-likeness (QED) is 0.874. The van der Waals surface area contributed by atoms with Gasteiger partial charge in [0.1, 0.15) is 11.5 Å². The Hall–Kier alpha value is -1.76. The van der Waals surface area contributed by atoms with Gasteiger partial charge >= 0.3 is 0 Å². The molecule has 2 heterocycles. The van der Waals surface area contributed by atoms with Crippen molar-refractivity contribution in [3.05, 3.63) is 34.3 Å². The number of pyridine rings is 1. The first-order chi connectivity index (χ1) is 7.65. The third-order valence-electron chi connectivity index (χ3n) is 1.78. The topological polar surface area (TPSA) is 83.6 Å². The van der Waals surface area contributed by atoms with Crippen LogP contribution in [0.2, 0.25) is 0 Å². The molecule has 0 aromatic carbocycles. The van der Waals surface area contributed by atoms with E-state index in [0.717, 1.165) is 4.47 Å². The third-order valence-corrected chi connectivity index (χ3v) is 2.25. The first-order valence-electron chi connectivity index (χ1n) is 4.47. The van der Waals surface area contributed by atoms with Gasteiger partial charge in [0.05, 0.1) is 0 Å². The number of nitrogens with zero attached hydrogens (tertiary/aromatic N) is 3. The fourth-order valence-electron chi connectivity index (χ4n) is 1.07. The van der Waals surface area contributed by atoms with Crippen LogP contribution in [0.1, 0.15) is 16.3 Å². The number of rotatable bonds is 2. The summed E-state index contributed by atoms with van der Waals surface area (Å²) in [6.07, 6.45) is 1.55. The molecule has 2 rings (SSSR count). The van der Waals surface area contributed by atoms with Gasteiger partial charge in [0.25, 0.3) is 5.91 Å². The second-order valence-corrected chi connectivity index (χ2v) is 3.98. The molecule has 0 saturated carbocycles. The number of H-pyrrole nitrogens is 1. The smallest absolute Gasteiger partial charge is 0.276 e. The lowest BCUT2D eigenvalue weighted by atomic mass is 10.3. The van der Waals surface area contributed by atoms with Crippen molar-refractivity contribution < 1.29 is 4.79 Å². The molecule has 1 amide bonds. The molecular formula is C9H8BrN5O. The molecule has 0 spiro atoms. The van der Waals surface area contributed by atoms with Crippen molar-refractivity contribution in [3.63, 3.8) is 0 Å². The Morgan fingerprint density at radius 2 is 2.31 bits per heavy atom. The van der Waals surface area contributed by atoms with Gasteiger partial charge in [-0.15, -0.1) is 5.10 Å². The van der Waals surface area contributed by atoms with Crippen molar-refractivity contribution in [1.29, 1.82) is 0 Å². The van der Waals surface area contributed by atoms with E-state index in [1.54, 1.807) is 25.3 Å². The maximum absolute atomic E-state index is 11.7. The molecule has 2 aromatic heterocycles. The summed E-state index contributed by atoms with van der Waals surface area (Å²) < 4.78 is 0.817. The number of hydrogen-bond donors (Lipinski definition) is 2. The van der Waals surface area contributed by atoms with E-state index in [2.05, 4.69) is 41.4 Å². The number of hydrogen-bond acceptors (Lipinski definition) is 4. The Morgan fingerprint density at radius 1 is 1.50 bits per heavy atom. The molecule has 6 nitrogen and oxygen atoms in total. The van der Waals surface area contributed by atoms with Crippen molar-refractivity contribution in [2.45, 2.75) is 6.92 Å². The predicted molar refractivity (Wildman–Crippen MR) is 61.0 cm³/mol. The lowest BCUT2D eigenvalue weighted by Gasteiger charge is -1.99. The maximum Gasteiger partial charge on any atom is 0.276 e. The number of carbonyl (C=O) groups is 1. The van der Waals surface area contributed by atoms with Gasteiger partial charge < -0.3 is 0 Å². The highest BCUT2D eigenvalue weighted by atomic mass is 79.9. The monoisotopic (exact) mass is 281 g/mol. The van der Waals surface area contributed by atoms with Crippen molar-refractivity contribution in [3.8, 4) is 0 Å². The molecule has 82 valence electrons. The molecule has 0 fully saturated rings.